The normalized spacial score (nSPS) is 15.9. The quantitative estimate of drug-likeness (QED) is 0.611. The predicted octanol–water partition coefficient (Wildman–Crippen LogP) is 2.79. The molecule has 2 N–H and O–H groups in total. The van der Waals surface area contributed by atoms with E-state index in [-0.39, 0.29) is 5.92 Å². The van der Waals surface area contributed by atoms with Gasteiger partial charge in [0.15, 0.2) is 0 Å². The zero-order valence-corrected chi connectivity index (χ0v) is 10.5. The largest absolute Gasteiger partial charge is 0.480 e. The molecule has 0 aromatic heterocycles. The van der Waals surface area contributed by atoms with Crippen molar-refractivity contribution in [1.82, 2.24) is 0 Å². The van der Waals surface area contributed by atoms with Crippen LogP contribution in [0.5, 0.6) is 0 Å². The Bertz CT molecular complexity index is 259. The van der Waals surface area contributed by atoms with Crippen LogP contribution in [-0.4, -0.2) is 11.7 Å². The Morgan fingerprint density at radius 1 is 1.71 bits per heavy atom. The first kappa shape index (κ1) is 13.2. The first-order chi connectivity index (χ1) is 6.56. The van der Waals surface area contributed by atoms with E-state index in [1.54, 1.807) is 13.2 Å². The van der Waals surface area contributed by atoms with Gasteiger partial charge in [0, 0.05) is 5.92 Å². The molecule has 0 spiro atoms. The second-order valence-electron chi connectivity index (χ2n) is 2.91. The number of halogens is 1. The van der Waals surface area contributed by atoms with Crippen molar-refractivity contribution in [1.29, 1.82) is 0 Å². The highest BCUT2D eigenvalue weighted by atomic mass is 79.9. The summed E-state index contributed by atoms with van der Waals surface area (Å²) in [5.41, 5.74) is 6.54. The van der Waals surface area contributed by atoms with Crippen LogP contribution in [0.3, 0.4) is 0 Å². The number of methoxy groups -OCH3 is 1. The summed E-state index contributed by atoms with van der Waals surface area (Å²) in [6.45, 7) is 7.68. The molecular weight excluding hydrogens is 244 g/mol. The second-order valence-corrected chi connectivity index (χ2v) is 3.73. The highest BCUT2D eigenvalue weighted by molar-refractivity contribution is 9.18. The number of aliphatic imine (C=N–C) groups is 1. The number of nitrogens with two attached hydrogens (primary N) is 1. The van der Waals surface area contributed by atoms with Gasteiger partial charge in [0.2, 0.25) is 5.88 Å². The van der Waals surface area contributed by atoms with Crippen molar-refractivity contribution in [3.63, 3.8) is 0 Å². The second kappa shape index (κ2) is 6.65. The van der Waals surface area contributed by atoms with Crippen LogP contribution < -0.4 is 5.73 Å². The monoisotopic (exact) mass is 260 g/mol. The molecule has 1 unspecified atom stereocenters. The number of allylic oxidation sites excluding steroid dienone is 2. The molecule has 0 aliphatic rings. The van der Waals surface area contributed by atoms with E-state index in [1.807, 2.05) is 6.92 Å². The van der Waals surface area contributed by atoms with Gasteiger partial charge in [-0.3, -0.25) is 0 Å². The highest BCUT2D eigenvalue weighted by Crippen LogP contribution is 2.15. The maximum atomic E-state index is 5.88. The van der Waals surface area contributed by atoms with Gasteiger partial charge in [0.1, 0.15) is 4.62 Å². The van der Waals surface area contributed by atoms with Crippen LogP contribution in [0, 0.1) is 5.92 Å². The molecule has 0 bridgehead atoms. The molecule has 0 radical (unpaired) electrons. The minimum atomic E-state index is 0.263. The summed E-state index contributed by atoms with van der Waals surface area (Å²) in [5.74, 6) is 0.713. The van der Waals surface area contributed by atoms with E-state index in [0.29, 0.717) is 16.2 Å². The molecule has 80 valence electrons. The summed E-state index contributed by atoms with van der Waals surface area (Å²) < 4.78 is 5.71. The molecule has 0 heterocycles. The minimum Gasteiger partial charge on any atom is -0.480 e. The molecule has 0 rings (SSSR count). The fourth-order valence-electron chi connectivity index (χ4n) is 0.801. The Labute approximate surface area is 93.9 Å². The molecule has 0 amide bonds. The highest BCUT2D eigenvalue weighted by Gasteiger charge is 2.09. The van der Waals surface area contributed by atoms with E-state index in [2.05, 4.69) is 34.4 Å². The van der Waals surface area contributed by atoms with Crippen LogP contribution in [0.4, 0.5) is 0 Å². The fraction of sp³-hybridized carbons (Fsp3) is 0.500. The lowest BCUT2D eigenvalue weighted by molar-refractivity contribution is 0.278. The Kier molecular flexibility index (Phi) is 6.28. The van der Waals surface area contributed by atoms with Gasteiger partial charge in [-0.2, -0.15) is 0 Å². The van der Waals surface area contributed by atoms with Crippen molar-refractivity contribution in [3.05, 3.63) is 24.2 Å². The third-order valence-electron chi connectivity index (χ3n) is 1.96. The van der Waals surface area contributed by atoms with Crippen molar-refractivity contribution in [2.45, 2.75) is 20.3 Å². The maximum Gasteiger partial charge on any atom is 0.233 e. The van der Waals surface area contributed by atoms with E-state index < -0.39 is 0 Å². The smallest absolute Gasteiger partial charge is 0.233 e. The molecule has 0 aromatic rings. The summed E-state index contributed by atoms with van der Waals surface area (Å²) in [7, 11) is 1.55. The van der Waals surface area contributed by atoms with Crippen molar-refractivity contribution >= 4 is 20.6 Å². The Balaban J connectivity index is 4.93. The zero-order chi connectivity index (χ0) is 11.1. The summed E-state index contributed by atoms with van der Waals surface area (Å²) in [6, 6.07) is 0. The van der Waals surface area contributed by atoms with Gasteiger partial charge in [0.05, 0.1) is 12.8 Å². The Hall–Kier alpha value is -0.770. The average molecular weight is 261 g/mol. The minimum absolute atomic E-state index is 0.263. The first-order valence-corrected chi connectivity index (χ1v) is 5.26. The van der Waals surface area contributed by atoms with Crippen molar-refractivity contribution in [2.75, 3.05) is 7.11 Å². The standard InChI is InChI=1S/C10H17BrN2O/c1-5-7(3)9(12)10(14-4)13-8(11)6-2/h6-7H,2,5,12H2,1,3-4H3/b10-9-,13-8+. The van der Waals surface area contributed by atoms with E-state index in [0.717, 1.165) is 6.42 Å². The lowest BCUT2D eigenvalue weighted by Crippen LogP contribution is -2.12. The lowest BCUT2D eigenvalue weighted by Gasteiger charge is -2.11. The van der Waals surface area contributed by atoms with Gasteiger partial charge in [-0.15, -0.1) is 0 Å². The predicted molar refractivity (Wildman–Crippen MR) is 64.2 cm³/mol. The lowest BCUT2D eigenvalue weighted by atomic mass is 10.1. The molecule has 0 saturated heterocycles. The van der Waals surface area contributed by atoms with Crippen LogP contribution in [0.1, 0.15) is 20.3 Å². The van der Waals surface area contributed by atoms with Crippen LogP contribution in [0.25, 0.3) is 0 Å². The number of rotatable bonds is 5. The van der Waals surface area contributed by atoms with Crippen LogP contribution >= 0.6 is 15.9 Å². The summed E-state index contributed by atoms with van der Waals surface area (Å²) in [5, 5.41) is 0. The molecule has 3 nitrogen and oxygen atoms in total. The van der Waals surface area contributed by atoms with Crippen LogP contribution in [0.15, 0.2) is 29.2 Å². The Morgan fingerprint density at radius 2 is 2.29 bits per heavy atom. The summed E-state index contributed by atoms with van der Waals surface area (Å²) >= 11 is 3.22. The molecule has 0 aliphatic carbocycles. The molecular formula is C10H17BrN2O. The number of hydrogen-bond acceptors (Lipinski definition) is 3. The van der Waals surface area contributed by atoms with Crippen molar-refractivity contribution in [2.24, 2.45) is 16.6 Å². The van der Waals surface area contributed by atoms with E-state index in [1.165, 1.54) is 0 Å². The first-order valence-electron chi connectivity index (χ1n) is 4.47. The molecule has 4 heteroatoms. The number of nitrogens with zero attached hydrogens (tertiary/aromatic N) is 1. The van der Waals surface area contributed by atoms with Gasteiger partial charge in [-0.1, -0.05) is 20.4 Å². The SMILES string of the molecule is C=C/C(Br)=N\C(OC)=C(\N)C(C)CC. The molecule has 0 aliphatic heterocycles. The zero-order valence-electron chi connectivity index (χ0n) is 8.88. The van der Waals surface area contributed by atoms with E-state index in [9.17, 15) is 0 Å². The molecule has 0 fully saturated rings. The van der Waals surface area contributed by atoms with E-state index >= 15 is 0 Å². The van der Waals surface area contributed by atoms with Crippen molar-refractivity contribution < 1.29 is 4.74 Å². The van der Waals surface area contributed by atoms with Crippen LogP contribution in [0.2, 0.25) is 0 Å². The molecule has 0 aromatic carbocycles. The van der Waals surface area contributed by atoms with Gasteiger partial charge in [-0.25, -0.2) is 4.99 Å². The fourth-order valence-corrected chi connectivity index (χ4v) is 0.962. The number of ether oxygens (including phenoxy) is 1. The van der Waals surface area contributed by atoms with Gasteiger partial charge in [0.25, 0.3) is 0 Å². The third kappa shape index (κ3) is 3.96. The summed E-state index contributed by atoms with van der Waals surface area (Å²) in [6.07, 6.45) is 2.54. The van der Waals surface area contributed by atoms with Gasteiger partial charge < -0.3 is 10.5 Å². The molecule has 1 atom stereocenters. The topological polar surface area (TPSA) is 47.6 Å². The average Bonchev–Trinajstić information content (AvgIpc) is 2.23. The molecule has 0 saturated carbocycles. The molecule has 14 heavy (non-hydrogen) atoms. The Morgan fingerprint density at radius 3 is 2.64 bits per heavy atom. The van der Waals surface area contributed by atoms with Gasteiger partial charge in [-0.05, 0) is 28.4 Å². The van der Waals surface area contributed by atoms with E-state index in [4.69, 9.17) is 10.5 Å². The van der Waals surface area contributed by atoms with Crippen LogP contribution in [-0.2, 0) is 4.74 Å². The third-order valence-corrected chi connectivity index (χ3v) is 2.46. The maximum absolute atomic E-state index is 5.88. The van der Waals surface area contributed by atoms with Crippen molar-refractivity contribution in [3.8, 4) is 0 Å². The summed E-state index contributed by atoms with van der Waals surface area (Å²) in [4.78, 5) is 4.13. The van der Waals surface area contributed by atoms with Gasteiger partial charge >= 0.3 is 0 Å². The number of hydrogen-bond donors (Lipinski definition) is 1.